The molecule has 4 rings (SSSR count). The first kappa shape index (κ1) is 22.5. The summed E-state index contributed by atoms with van der Waals surface area (Å²) >= 11 is 0. The fourth-order valence-corrected chi connectivity index (χ4v) is 4.29. The Labute approximate surface area is 190 Å². The van der Waals surface area contributed by atoms with E-state index in [1.165, 1.54) is 22.3 Å². The van der Waals surface area contributed by atoms with Gasteiger partial charge in [0.05, 0.1) is 0 Å². The average Bonchev–Trinajstić information content (AvgIpc) is 3.20. The van der Waals surface area contributed by atoms with Crippen LogP contribution in [0.15, 0.2) is 72.8 Å². The maximum absolute atomic E-state index is 9.14. The summed E-state index contributed by atoms with van der Waals surface area (Å²) in [5.41, 5.74) is 7.31. The van der Waals surface area contributed by atoms with Crippen LogP contribution in [0.1, 0.15) is 35.6 Å². The summed E-state index contributed by atoms with van der Waals surface area (Å²) in [6.45, 7) is 2.02. The molecule has 1 atom stereocenters. The molecular formula is C26H28NO4P. The lowest BCUT2D eigenvalue weighted by Crippen LogP contribution is -2.30. The third-order valence-electron chi connectivity index (χ3n) is 5.80. The van der Waals surface area contributed by atoms with E-state index in [0.717, 1.165) is 29.7 Å². The van der Waals surface area contributed by atoms with Crippen LogP contribution in [0.3, 0.4) is 0 Å². The number of hydrogen-bond donors (Lipinski definition) is 2. The Morgan fingerprint density at radius 3 is 2.03 bits per heavy atom. The monoisotopic (exact) mass is 449 g/mol. The average molecular weight is 449 g/mol. The second-order valence-corrected chi connectivity index (χ2v) is 8.77. The van der Waals surface area contributed by atoms with E-state index in [9.17, 15) is 0 Å². The summed E-state index contributed by atoms with van der Waals surface area (Å²) in [4.78, 5) is 20.3. The summed E-state index contributed by atoms with van der Waals surface area (Å²) in [6.07, 6.45) is 1.98. The largest absolute Gasteiger partial charge is 0.475 e. The van der Waals surface area contributed by atoms with E-state index in [2.05, 4.69) is 36.4 Å². The topological polar surface area (TPSA) is 62.2 Å². The van der Waals surface area contributed by atoms with Gasteiger partial charge in [-0.25, -0.2) is 0 Å². The van der Waals surface area contributed by atoms with Crippen LogP contribution in [0.4, 0.5) is 0 Å². The van der Waals surface area contributed by atoms with Crippen LogP contribution in [0.5, 0.6) is 11.5 Å². The molecule has 0 heterocycles. The first-order valence-corrected chi connectivity index (χ1v) is 11.8. The molecule has 0 aromatic heterocycles. The Hall–Kier alpha value is -2.69. The smallest absolute Gasteiger partial charge is 0.391 e. The van der Waals surface area contributed by atoms with Crippen LogP contribution in [-0.2, 0) is 6.42 Å². The molecule has 1 aliphatic rings. The zero-order valence-corrected chi connectivity index (χ0v) is 19.4. The highest BCUT2D eigenvalue weighted by atomic mass is 31.2. The van der Waals surface area contributed by atoms with Crippen LogP contribution in [0.2, 0.25) is 0 Å². The van der Waals surface area contributed by atoms with Crippen molar-refractivity contribution in [2.75, 3.05) is 14.1 Å². The fourth-order valence-electron chi connectivity index (χ4n) is 3.98. The van der Waals surface area contributed by atoms with Gasteiger partial charge in [-0.05, 0) is 91.5 Å². The maximum atomic E-state index is 9.14. The first-order valence-electron chi connectivity index (χ1n) is 10.6. The number of nitrogens with zero attached hydrogens (tertiary/aromatic N) is 1. The van der Waals surface area contributed by atoms with Gasteiger partial charge in [0, 0.05) is 0 Å². The molecule has 0 radical (unpaired) electrons. The highest BCUT2D eigenvalue weighted by Crippen LogP contribution is 2.41. The van der Waals surface area contributed by atoms with E-state index in [1.54, 1.807) is 12.1 Å². The van der Waals surface area contributed by atoms with Gasteiger partial charge in [-0.2, -0.15) is 0 Å². The lowest BCUT2D eigenvalue weighted by Gasteiger charge is -2.21. The molecule has 0 saturated carbocycles. The second-order valence-electron chi connectivity index (χ2n) is 8.08. The number of hydrogen-bond acceptors (Lipinski definition) is 5. The predicted octanol–water partition coefficient (Wildman–Crippen LogP) is 5.47. The summed E-state index contributed by atoms with van der Waals surface area (Å²) in [7, 11) is 1.54. The van der Waals surface area contributed by atoms with Crippen molar-refractivity contribution < 1.29 is 19.0 Å². The molecule has 2 N–H and O–H groups in total. The lowest BCUT2D eigenvalue weighted by molar-refractivity contribution is 0.0815. The zero-order valence-electron chi connectivity index (χ0n) is 18.5. The summed E-state index contributed by atoms with van der Waals surface area (Å²) in [5.74, 6) is 1.26. The quantitative estimate of drug-likeness (QED) is 0.370. The molecule has 0 fully saturated rings. The molecule has 166 valence electrons. The number of benzene rings is 3. The van der Waals surface area contributed by atoms with E-state index >= 15 is 0 Å². The standard InChI is InChI=1S/C26H28NO4P/c1-18(27(2)3)30-22-13-8-20(9-14-22)26(21-10-15-23(16-11-21)31-32(28)29)25-17-12-19-6-4-5-7-24(19)25/h4-11,13-16,18,28-29H,12,17H2,1-3H3. The number of fused-ring (bicyclic) bond motifs is 1. The molecule has 6 heteroatoms. The molecule has 32 heavy (non-hydrogen) atoms. The number of ether oxygens (including phenoxy) is 1. The van der Waals surface area contributed by atoms with Gasteiger partial charge in [0.2, 0.25) is 0 Å². The molecule has 5 nitrogen and oxygen atoms in total. The highest BCUT2D eigenvalue weighted by molar-refractivity contribution is 7.39. The Balaban J connectivity index is 1.75. The van der Waals surface area contributed by atoms with Crippen LogP contribution in [0.25, 0.3) is 11.1 Å². The molecule has 0 bridgehead atoms. The van der Waals surface area contributed by atoms with E-state index in [4.69, 9.17) is 19.0 Å². The van der Waals surface area contributed by atoms with Crippen molar-refractivity contribution in [2.45, 2.75) is 26.0 Å². The number of allylic oxidation sites excluding steroid dienone is 1. The van der Waals surface area contributed by atoms with Gasteiger partial charge in [-0.3, -0.25) is 4.90 Å². The van der Waals surface area contributed by atoms with Gasteiger partial charge in [-0.1, -0.05) is 48.5 Å². The molecular weight excluding hydrogens is 421 g/mol. The van der Waals surface area contributed by atoms with Crippen LogP contribution in [0, 0.1) is 0 Å². The number of rotatable bonds is 7. The maximum Gasteiger partial charge on any atom is 0.391 e. The van der Waals surface area contributed by atoms with E-state index in [0.29, 0.717) is 5.75 Å². The van der Waals surface area contributed by atoms with Gasteiger partial charge in [0.1, 0.15) is 17.7 Å². The van der Waals surface area contributed by atoms with Crippen LogP contribution >= 0.6 is 8.60 Å². The van der Waals surface area contributed by atoms with E-state index < -0.39 is 8.60 Å². The Morgan fingerprint density at radius 2 is 1.44 bits per heavy atom. The summed E-state index contributed by atoms with van der Waals surface area (Å²) in [5, 5.41) is 0. The van der Waals surface area contributed by atoms with Gasteiger partial charge in [0.15, 0.2) is 0 Å². The second kappa shape index (κ2) is 9.85. The van der Waals surface area contributed by atoms with Gasteiger partial charge in [-0.15, -0.1) is 0 Å². The minimum absolute atomic E-state index is 0.0172. The third kappa shape index (κ3) is 5.03. The minimum Gasteiger partial charge on any atom is -0.475 e. The van der Waals surface area contributed by atoms with E-state index in [-0.39, 0.29) is 6.23 Å². The Morgan fingerprint density at radius 1 is 0.844 bits per heavy atom. The molecule has 0 amide bonds. The van der Waals surface area contributed by atoms with Crippen molar-refractivity contribution in [3.05, 3.63) is 95.1 Å². The molecule has 0 saturated heterocycles. The van der Waals surface area contributed by atoms with Gasteiger partial charge in [0.25, 0.3) is 0 Å². The van der Waals surface area contributed by atoms with Gasteiger partial charge >= 0.3 is 8.60 Å². The third-order valence-corrected chi connectivity index (χ3v) is 6.17. The van der Waals surface area contributed by atoms with Crippen molar-refractivity contribution in [3.8, 4) is 11.5 Å². The molecule has 3 aromatic rings. The minimum atomic E-state index is -2.43. The normalized spacial score (nSPS) is 15.6. The molecule has 0 aliphatic heterocycles. The van der Waals surface area contributed by atoms with Gasteiger partial charge < -0.3 is 19.0 Å². The van der Waals surface area contributed by atoms with Crippen molar-refractivity contribution >= 4 is 19.7 Å². The number of aryl methyl sites for hydroxylation is 1. The van der Waals surface area contributed by atoms with Crippen LogP contribution in [-0.4, -0.2) is 35.0 Å². The molecule has 0 spiro atoms. The molecule has 3 aromatic carbocycles. The fraction of sp³-hybridized carbons (Fsp3) is 0.231. The van der Waals surface area contributed by atoms with Crippen molar-refractivity contribution in [2.24, 2.45) is 0 Å². The lowest BCUT2D eigenvalue weighted by atomic mass is 9.90. The Bertz CT molecular complexity index is 1090. The first-order chi connectivity index (χ1) is 15.4. The molecule has 1 aliphatic carbocycles. The molecule has 1 unspecified atom stereocenters. The highest BCUT2D eigenvalue weighted by Gasteiger charge is 2.21. The van der Waals surface area contributed by atoms with Crippen LogP contribution < -0.4 is 9.26 Å². The van der Waals surface area contributed by atoms with Crippen molar-refractivity contribution in [1.82, 2.24) is 4.90 Å². The van der Waals surface area contributed by atoms with E-state index in [1.807, 2.05) is 50.2 Å². The van der Waals surface area contributed by atoms with Crippen molar-refractivity contribution in [1.29, 1.82) is 0 Å². The van der Waals surface area contributed by atoms with Crippen molar-refractivity contribution in [3.63, 3.8) is 0 Å². The summed E-state index contributed by atoms with van der Waals surface area (Å²) in [6, 6.07) is 24.3. The SMILES string of the molecule is CC(Oc1ccc(C(=C2CCc3ccccc32)c2ccc(OP(O)O)cc2)cc1)N(C)C. The zero-order chi connectivity index (χ0) is 22.7. The Kier molecular flexibility index (Phi) is 6.92. The predicted molar refractivity (Wildman–Crippen MR) is 129 cm³/mol. The summed E-state index contributed by atoms with van der Waals surface area (Å²) < 4.78 is 11.0.